The number of rotatable bonds is 3. The molecule has 1 heterocycles. The van der Waals surface area contributed by atoms with E-state index in [0.29, 0.717) is 19.4 Å². The van der Waals surface area contributed by atoms with Crippen molar-refractivity contribution in [1.82, 2.24) is 4.90 Å². The second-order valence-corrected chi connectivity index (χ2v) is 6.86. The molecule has 0 saturated carbocycles. The first kappa shape index (κ1) is 16.8. The lowest BCUT2D eigenvalue weighted by atomic mass is 9.86. The Morgan fingerprint density at radius 3 is 2.35 bits per heavy atom. The summed E-state index contributed by atoms with van der Waals surface area (Å²) < 4.78 is 10.4. The van der Waals surface area contributed by atoms with Gasteiger partial charge in [0.15, 0.2) is 0 Å². The Labute approximate surface area is 121 Å². The molecular formula is C15H27NO4. The average Bonchev–Trinajstić information content (AvgIpc) is 2.69. The Morgan fingerprint density at radius 2 is 1.90 bits per heavy atom. The largest absolute Gasteiger partial charge is 0.467 e. The molecule has 20 heavy (non-hydrogen) atoms. The van der Waals surface area contributed by atoms with Gasteiger partial charge in [-0.1, -0.05) is 13.8 Å². The van der Waals surface area contributed by atoms with Crippen LogP contribution in [0.3, 0.4) is 0 Å². The van der Waals surface area contributed by atoms with Crippen molar-refractivity contribution in [2.75, 3.05) is 13.7 Å². The first-order chi connectivity index (χ1) is 9.12. The summed E-state index contributed by atoms with van der Waals surface area (Å²) in [7, 11) is 1.37. The van der Waals surface area contributed by atoms with Crippen LogP contribution >= 0.6 is 0 Å². The Hall–Kier alpha value is -1.26. The van der Waals surface area contributed by atoms with Gasteiger partial charge in [0, 0.05) is 6.54 Å². The minimum absolute atomic E-state index is 0.289. The topological polar surface area (TPSA) is 55.8 Å². The molecule has 1 unspecified atom stereocenters. The van der Waals surface area contributed by atoms with Gasteiger partial charge in [-0.15, -0.1) is 0 Å². The first-order valence-corrected chi connectivity index (χ1v) is 7.21. The van der Waals surface area contributed by atoms with Gasteiger partial charge in [0.05, 0.1) is 7.11 Å². The molecule has 1 saturated heterocycles. The van der Waals surface area contributed by atoms with E-state index in [9.17, 15) is 9.59 Å². The predicted octanol–water partition coefficient (Wildman–Crippen LogP) is 2.98. The number of methoxy groups -OCH3 is 1. The number of carbonyl (C=O) groups is 2. The van der Waals surface area contributed by atoms with Gasteiger partial charge in [0.25, 0.3) is 0 Å². The zero-order valence-corrected chi connectivity index (χ0v) is 13.5. The van der Waals surface area contributed by atoms with Gasteiger partial charge in [0.1, 0.15) is 11.1 Å². The van der Waals surface area contributed by atoms with E-state index in [-0.39, 0.29) is 11.9 Å². The molecule has 5 nitrogen and oxygen atoms in total. The minimum Gasteiger partial charge on any atom is -0.467 e. The molecule has 1 aliphatic heterocycles. The van der Waals surface area contributed by atoms with Gasteiger partial charge in [-0.3, -0.25) is 4.90 Å². The predicted molar refractivity (Wildman–Crippen MR) is 76.4 cm³/mol. The van der Waals surface area contributed by atoms with E-state index < -0.39 is 17.2 Å². The van der Waals surface area contributed by atoms with Crippen molar-refractivity contribution in [2.45, 2.75) is 65.0 Å². The number of likely N-dealkylation sites (tertiary alicyclic amines) is 1. The summed E-state index contributed by atoms with van der Waals surface area (Å²) in [6, 6.07) is 0. The molecule has 116 valence electrons. The van der Waals surface area contributed by atoms with Gasteiger partial charge >= 0.3 is 12.1 Å². The van der Waals surface area contributed by atoms with Crippen molar-refractivity contribution in [3.8, 4) is 0 Å². The lowest BCUT2D eigenvalue weighted by molar-refractivity contribution is -0.154. The highest BCUT2D eigenvalue weighted by molar-refractivity contribution is 5.86. The van der Waals surface area contributed by atoms with Crippen LogP contribution in [-0.2, 0) is 14.3 Å². The highest BCUT2D eigenvalue weighted by Crippen LogP contribution is 2.37. The van der Waals surface area contributed by atoms with Crippen molar-refractivity contribution in [3.05, 3.63) is 0 Å². The third kappa shape index (κ3) is 3.64. The summed E-state index contributed by atoms with van der Waals surface area (Å²) in [5, 5.41) is 0. The summed E-state index contributed by atoms with van der Waals surface area (Å²) in [5.74, 6) is -0.0494. The Bertz CT molecular complexity index is 373. The summed E-state index contributed by atoms with van der Waals surface area (Å²) in [4.78, 5) is 26.2. The summed E-state index contributed by atoms with van der Waals surface area (Å²) >= 11 is 0. The van der Waals surface area contributed by atoms with Crippen LogP contribution < -0.4 is 0 Å². The second-order valence-electron chi connectivity index (χ2n) is 6.86. The van der Waals surface area contributed by atoms with Gasteiger partial charge in [-0.2, -0.15) is 0 Å². The number of esters is 1. The molecule has 0 aliphatic carbocycles. The van der Waals surface area contributed by atoms with E-state index in [0.717, 1.165) is 6.42 Å². The summed E-state index contributed by atoms with van der Waals surface area (Å²) in [6.07, 6.45) is 1.60. The number of carbonyl (C=O) groups excluding carboxylic acids is 2. The van der Waals surface area contributed by atoms with E-state index in [2.05, 4.69) is 0 Å². The molecular weight excluding hydrogens is 258 g/mol. The molecule has 0 N–H and O–H groups in total. The monoisotopic (exact) mass is 285 g/mol. The SMILES string of the molecule is COC(=O)C1(CC(C)C)CCCN1C(=O)OC(C)(C)C. The molecule has 0 bridgehead atoms. The van der Waals surface area contributed by atoms with Crippen LogP contribution in [0.5, 0.6) is 0 Å². The molecule has 1 aliphatic rings. The maximum absolute atomic E-state index is 12.4. The van der Waals surface area contributed by atoms with Crippen molar-refractivity contribution in [2.24, 2.45) is 5.92 Å². The number of nitrogens with zero attached hydrogens (tertiary/aromatic N) is 1. The zero-order chi connectivity index (χ0) is 15.6. The van der Waals surface area contributed by atoms with Crippen molar-refractivity contribution >= 4 is 12.1 Å². The van der Waals surface area contributed by atoms with Crippen molar-refractivity contribution in [1.29, 1.82) is 0 Å². The molecule has 0 aromatic carbocycles. The summed E-state index contributed by atoms with van der Waals surface area (Å²) in [6.45, 7) is 10.1. The molecule has 0 aromatic rings. The maximum atomic E-state index is 12.4. The average molecular weight is 285 g/mol. The third-order valence-electron chi connectivity index (χ3n) is 3.41. The van der Waals surface area contributed by atoms with Crippen LogP contribution in [0, 0.1) is 5.92 Å². The number of amides is 1. The normalized spacial score (nSPS) is 23.1. The molecule has 0 aromatic heterocycles. The lowest BCUT2D eigenvalue weighted by Crippen LogP contribution is -2.55. The summed E-state index contributed by atoms with van der Waals surface area (Å²) in [5.41, 5.74) is -1.44. The smallest absolute Gasteiger partial charge is 0.411 e. The minimum atomic E-state index is -0.870. The Balaban J connectivity index is 3.02. The highest BCUT2D eigenvalue weighted by Gasteiger charge is 2.52. The van der Waals surface area contributed by atoms with E-state index >= 15 is 0 Å². The van der Waals surface area contributed by atoms with Gasteiger partial charge in [0.2, 0.25) is 0 Å². The molecule has 0 spiro atoms. The lowest BCUT2D eigenvalue weighted by Gasteiger charge is -2.37. The van der Waals surface area contributed by atoms with Crippen LogP contribution in [0.25, 0.3) is 0 Å². The van der Waals surface area contributed by atoms with E-state index in [1.165, 1.54) is 7.11 Å². The number of hydrogen-bond donors (Lipinski definition) is 0. The molecule has 1 amide bonds. The van der Waals surface area contributed by atoms with Crippen LogP contribution in [0.2, 0.25) is 0 Å². The van der Waals surface area contributed by atoms with Crippen molar-refractivity contribution in [3.63, 3.8) is 0 Å². The Morgan fingerprint density at radius 1 is 1.30 bits per heavy atom. The fraction of sp³-hybridized carbons (Fsp3) is 0.867. The van der Waals surface area contributed by atoms with Gasteiger partial charge in [-0.05, 0) is 46.0 Å². The standard InChI is InChI=1S/C15H27NO4/c1-11(2)10-15(12(17)19-6)8-7-9-16(15)13(18)20-14(3,4)5/h11H,7-10H2,1-6H3. The van der Waals surface area contributed by atoms with E-state index in [1.807, 2.05) is 34.6 Å². The fourth-order valence-corrected chi connectivity index (χ4v) is 2.83. The second kappa shape index (κ2) is 6.02. The number of hydrogen-bond acceptors (Lipinski definition) is 4. The van der Waals surface area contributed by atoms with Crippen LogP contribution in [0.4, 0.5) is 4.79 Å². The zero-order valence-electron chi connectivity index (χ0n) is 13.5. The maximum Gasteiger partial charge on any atom is 0.411 e. The molecule has 1 rings (SSSR count). The van der Waals surface area contributed by atoms with E-state index in [1.54, 1.807) is 4.90 Å². The first-order valence-electron chi connectivity index (χ1n) is 7.21. The molecule has 5 heteroatoms. The molecule has 1 fully saturated rings. The van der Waals surface area contributed by atoms with Crippen molar-refractivity contribution < 1.29 is 19.1 Å². The highest BCUT2D eigenvalue weighted by atomic mass is 16.6. The van der Waals surface area contributed by atoms with Crippen LogP contribution in [0.15, 0.2) is 0 Å². The molecule has 0 radical (unpaired) electrons. The van der Waals surface area contributed by atoms with E-state index in [4.69, 9.17) is 9.47 Å². The quantitative estimate of drug-likeness (QED) is 0.748. The molecule has 1 atom stereocenters. The van der Waals surface area contributed by atoms with Gasteiger partial charge < -0.3 is 9.47 Å². The van der Waals surface area contributed by atoms with Crippen LogP contribution in [0.1, 0.15) is 53.9 Å². The number of ether oxygens (including phenoxy) is 2. The van der Waals surface area contributed by atoms with Crippen LogP contribution in [-0.4, -0.2) is 41.8 Å². The fourth-order valence-electron chi connectivity index (χ4n) is 2.83. The third-order valence-corrected chi connectivity index (χ3v) is 3.41. The van der Waals surface area contributed by atoms with Gasteiger partial charge in [-0.25, -0.2) is 9.59 Å². The Kier molecular flexibility index (Phi) is 5.05.